The van der Waals surface area contributed by atoms with Crippen LogP contribution in [0.1, 0.15) is 19.8 Å². The lowest BCUT2D eigenvalue weighted by atomic mass is 9.80. The van der Waals surface area contributed by atoms with Gasteiger partial charge in [0.15, 0.2) is 5.75 Å². The van der Waals surface area contributed by atoms with Crippen molar-refractivity contribution in [1.29, 1.82) is 0 Å². The molecule has 0 atom stereocenters. The topological polar surface area (TPSA) is 50.4 Å². The second-order valence-electron chi connectivity index (χ2n) is 5.31. The zero-order chi connectivity index (χ0) is 15.5. The average Bonchev–Trinajstić information content (AvgIpc) is 2.40. The van der Waals surface area contributed by atoms with Crippen LogP contribution in [0.4, 0.5) is 18.9 Å². The van der Waals surface area contributed by atoms with Crippen molar-refractivity contribution < 1.29 is 22.7 Å². The molecule has 1 saturated heterocycles. The molecule has 1 aromatic carbocycles. The molecular weight excluding hydrogens is 285 g/mol. The SMILES string of the molecule is CC1(C(=O)Nc2ccccc2OC(F)(F)F)CCNCC1. The van der Waals surface area contributed by atoms with Crippen LogP contribution in [0.3, 0.4) is 0 Å². The van der Waals surface area contributed by atoms with Crippen LogP contribution in [0.2, 0.25) is 0 Å². The van der Waals surface area contributed by atoms with Gasteiger partial charge in [-0.25, -0.2) is 0 Å². The van der Waals surface area contributed by atoms with E-state index in [9.17, 15) is 18.0 Å². The van der Waals surface area contributed by atoms with E-state index in [1.54, 1.807) is 6.07 Å². The van der Waals surface area contributed by atoms with Gasteiger partial charge in [-0.3, -0.25) is 4.79 Å². The summed E-state index contributed by atoms with van der Waals surface area (Å²) in [5.74, 6) is -0.696. The lowest BCUT2D eigenvalue weighted by Crippen LogP contribution is -2.42. The highest BCUT2D eigenvalue weighted by atomic mass is 19.4. The van der Waals surface area contributed by atoms with Crippen LogP contribution in [-0.4, -0.2) is 25.4 Å². The van der Waals surface area contributed by atoms with Gasteiger partial charge in [-0.2, -0.15) is 0 Å². The molecule has 1 aromatic rings. The molecule has 0 radical (unpaired) electrons. The Hall–Kier alpha value is -1.76. The molecule has 1 aliphatic rings. The third kappa shape index (κ3) is 4.10. The Balaban J connectivity index is 2.14. The summed E-state index contributed by atoms with van der Waals surface area (Å²) in [6.07, 6.45) is -3.51. The van der Waals surface area contributed by atoms with Crippen molar-refractivity contribution in [2.24, 2.45) is 5.41 Å². The van der Waals surface area contributed by atoms with E-state index in [-0.39, 0.29) is 11.6 Å². The predicted molar refractivity (Wildman–Crippen MR) is 72.0 cm³/mol. The van der Waals surface area contributed by atoms with E-state index in [0.29, 0.717) is 25.9 Å². The summed E-state index contributed by atoms with van der Waals surface area (Å²) in [6, 6.07) is 5.53. The van der Waals surface area contributed by atoms with Gasteiger partial charge in [-0.1, -0.05) is 19.1 Å². The third-order valence-corrected chi connectivity index (χ3v) is 3.62. The number of nitrogens with one attached hydrogen (secondary N) is 2. The number of ether oxygens (including phenoxy) is 1. The van der Waals surface area contributed by atoms with Gasteiger partial charge in [0.25, 0.3) is 0 Å². The molecule has 1 heterocycles. The maximum Gasteiger partial charge on any atom is 0.573 e. The molecule has 0 unspecified atom stereocenters. The van der Waals surface area contributed by atoms with Crippen molar-refractivity contribution in [3.63, 3.8) is 0 Å². The summed E-state index contributed by atoms with van der Waals surface area (Å²) in [7, 11) is 0. The van der Waals surface area contributed by atoms with Gasteiger partial charge in [0.1, 0.15) is 0 Å². The standard InChI is InChI=1S/C14H17F3N2O2/c1-13(6-8-18-9-7-13)12(20)19-10-4-2-3-5-11(10)21-14(15,16)17/h2-5,18H,6-9H2,1H3,(H,19,20). The Bertz CT molecular complexity index is 511. The van der Waals surface area contributed by atoms with Gasteiger partial charge in [-0.15, -0.1) is 13.2 Å². The maximum atomic E-state index is 12.3. The lowest BCUT2D eigenvalue weighted by Gasteiger charge is -2.32. The summed E-state index contributed by atoms with van der Waals surface area (Å²) >= 11 is 0. The Labute approximate surface area is 120 Å². The molecule has 2 N–H and O–H groups in total. The molecular formula is C14H17F3N2O2. The molecule has 116 valence electrons. The molecule has 1 aliphatic heterocycles. The fraction of sp³-hybridized carbons (Fsp3) is 0.500. The smallest absolute Gasteiger partial charge is 0.404 e. The number of hydrogen-bond donors (Lipinski definition) is 2. The minimum absolute atomic E-state index is 0.0274. The van der Waals surface area contributed by atoms with Gasteiger partial charge in [0.05, 0.1) is 5.69 Å². The molecule has 1 amide bonds. The van der Waals surface area contributed by atoms with E-state index >= 15 is 0 Å². The zero-order valence-corrected chi connectivity index (χ0v) is 11.6. The van der Waals surface area contributed by atoms with Crippen LogP contribution in [0.15, 0.2) is 24.3 Å². The molecule has 7 heteroatoms. The van der Waals surface area contributed by atoms with Crippen LogP contribution < -0.4 is 15.4 Å². The molecule has 0 bridgehead atoms. The van der Waals surface area contributed by atoms with Crippen molar-refractivity contribution in [1.82, 2.24) is 5.32 Å². The van der Waals surface area contributed by atoms with Crippen molar-refractivity contribution in [2.75, 3.05) is 18.4 Å². The van der Waals surface area contributed by atoms with Crippen LogP contribution in [0, 0.1) is 5.41 Å². The number of halogens is 3. The molecule has 21 heavy (non-hydrogen) atoms. The predicted octanol–water partition coefficient (Wildman–Crippen LogP) is 2.91. The van der Waals surface area contributed by atoms with Crippen molar-refractivity contribution in [2.45, 2.75) is 26.1 Å². The maximum absolute atomic E-state index is 12.3. The number of para-hydroxylation sites is 2. The summed E-state index contributed by atoms with van der Waals surface area (Å²) in [4.78, 5) is 12.3. The number of rotatable bonds is 3. The van der Waals surface area contributed by atoms with Gasteiger partial charge in [0.2, 0.25) is 5.91 Å². The van der Waals surface area contributed by atoms with E-state index in [1.165, 1.54) is 18.2 Å². The number of alkyl halides is 3. The van der Waals surface area contributed by atoms with Gasteiger partial charge >= 0.3 is 6.36 Å². The highest BCUT2D eigenvalue weighted by molar-refractivity contribution is 5.96. The fourth-order valence-corrected chi connectivity index (χ4v) is 2.26. The zero-order valence-electron chi connectivity index (χ0n) is 11.6. The number of amides is 1. The molecule has 0 aliphatic carbocycles. The van der Waals surface area contributed by atoms with Gasteiger partial charge < -0.3 is 15.4 Å². The first-order chi connectivity index (χ1) is 9.80. The molecule has 4 nitrogen and oxygen atoms in total. The van der Waals surface area contributed by atoms with Crippen LogP contribution in [0.25, 0.3) is 0 Å². The first-order valence-corrected chi connectivity index (χ1v) is 6.67. The quantitative estimate of drug-likeness (QED) is 0.902. The van der Waals surface area contributed by atoms with E-state index in [0.717, 1.165) is 0 Å². The van der Waals surface area contributed by atoms with Crippen LogP contribution in [-0.2, 0) is 4.79 Å². The molecule has 2 rings (SSSR count). The second-order valence-corrected chi connectivity index (χ2v) is 5.31. The number of carbonyl (C=O) groups is 1. The van der Waals surface area contributed by atoms with E-state index < -0.39 is 17.5 Å². The van der Waals surface area contributed by atoms with E-state index in [4.69, 9.17) is 0 Å². The minimum atomic E-state index is -4.79. The van der Waals surface area contributed by atoms with Gasteiger partial charge in [-0.05, 0) is 38.1 Å². The Morgan fingerprint density at radius 3 is 2.52 bits per heavy atom. The van der Waals surface area contributed by atoms with E-state index in [1.807, 2.05) is 6.92 Å². The van der Waals surface area contributed by atoms with Crippen molar-refractivity contribution in [3.05, 3.63) is 24.3 Å². The lowest BCUT2D eigenvalue weighted by molar-refractivity contribution is -0.274. The number of carbonyl (C=O) groups excluding carboxylic acids is 1. The summed E-state index contributed by atoms with van der Waals surface area (Å²) in [5.41, 5.74) is -0.559. The number of piperidine rings is 1. The summed E-state index contributed by atoms with van der Waals surface area (Å²) in [5, 5.41) is 5.70. The number of benzene rings is 1. The minimum Gasteiger partial charge on any atom is -0.404 e. The van der Waals surface area contributed by atoms with Crippen molar-refractivity contribution >= 4 is 11.6 Å². The molecule has 0 spiro atoms. The first-order valence-electron chi connectivity index (χ1n) is 6.67. The average molecular weight is 302 g/mol. The normalized spacial score (nSPS) is 18.1. The first kappa shape index (κ1) is 15.6. The molecule has 1 fully saturated rings. The van der Waals surface area contributed by atoms with Gasteiger partial charge in [0, 0.05) is 5.41 Å². The molecule has 0 aromatic heterocycles. The van der Waals surface area contributed by atoms with Crippen LogP contribution in [0.5, 0.6) is 5.75 Å². The monoisotopic (exact) mass is 302 g/mol. The Kier molecular flexibility index (Phi) is 4.41. The van der Waals surface area contributed by atoms with E-state index in [2.05, 4.69) is 15.4 Å². The summed E-state index contributed by atoms with van der Waals surface area (Å²) in [6.45, 7) is 3.24. The van der Waals surface area contributed by atoms with Crippen LogP contribution >= 0.6 is 0 Å². The Morgan fingerprint density at radius 2 is 1.90 bits per heavy atom. The largest absolute Gasteiger partial charge is 0.573 e. The van der Waals surface area contributed by atoms with Crippen molar-refractivity contribution in [3.8, 4) is 5.75 Å². The fourth-order valence-electron chi connectivity index (χ4n) is 2.26. The molecule has 0 saturated carbocycles. The highest BCUT2D eigenvalue weighted by Gasteiger charge is 2.36. The Morgan fingerprint density at radius 1 is 1.29 bits per heavy atom. The number of anilines is 1. The second kappa shape index (κ2) is 5.93. The number of hydrogen-bond acceptors (Lipinski definition) is 3. The third-order valence-electron chi connectivity index (χ3n) is 3.62. The summed E-state index contributed by atoms with van der Waals surface area (Å²) < 4.78 is 41.0. The highest BCUT2D eigenvalue weighted by Crippen LogP contribution is 2.33.